The summed E-state index contributed by atoms with van der Waals surface area (Å²) in [4.78, 5) is 69.9. The summed E-state index contributed by atoms with van der Waals surface area (Å²) in [5, 5.41) is 11.4. The van der Waals surface area contributed by atoms with Crippen molar-refractivity contribution in [1.29, 1.82) is 0 Å². The van der Waals surface area contributed by atoms with Crippen molar-refractivity contribution in [3.8, 4) is 0 Å². The van der Waals surface area contributed by atoms with Crippen LogP contribution in [-0.2, 0) is 30.4 Å². The Labute approximate surface area is 251 Å². The molecule has 4 N–H and O–H groups in total. The van der Waals surface area contributed by atoms with Crippen molar-refractivity contribution in [2.75, 3.05) is 7.05 Å². The number of hydrogen-bond donors (Lipinski definition) is 4. The van der Waals surface area contributed by atoms with Crippen molar-refractivity contribution in [2.24, 2.45) is 23.7 Å². The number of nitrogens with one attached hydrogen (secondary N) is 4. The van der Waals surface area contributed by atoms with E-state index in [0.717, 1.165) is 5.56 Å². The molecule has 10 heteroatoms. The molecule has 1 fully saturated rings. The lowest BCUT2D eigenvalue weighted by Gasteiger charge is -2.34. The Morgan fingerprint density at radius 3 is 1.64 bits per heavy atom. The first kappa shape index (κ1) is 34.8. The maximum Gasteiger partial charge on any atom is 0.245 e. The summed E-state index contributed by atoms with van der Waals surface area (Å²) in [5.41, 5.74) is 0.830. The van der Waals surface area contributed by atoms with Gasteiger partial charge in [0.2, 0.25) is 29.5 Å². The number of hydrogen-bond acceptors (Lipinski definition) is 5. The van der Waals surface area contributed by atoms with Crippen LogP contribution >= 0.6 is 0 Å². The van der Waals surface area contributed by atoms with Crippen LogP contribution in [0.25, 0.3) is 0 Å². The molecule has 0 aliphatic carbocycles. The van der Waals surface area contributed by atoms with Crippen molar-refractivity contribution in [2.45, 2.75) is 105 Å². The predicted molar refractivity (Wildman–Crippen MR) is 163 cm³/mol. The maximum atomic E-state index is 13.9. The topological polar surface area (TPSA) is 137 Å². The molecule has 0 radical (unpaired) electrons. The number of amides is 5. The molecule has 1 aromatic carbocycles. The van der Waals surface area contributed by atoms with Gasteiger partial charge in [0.1, 0.15) is 30.2 Å². The van der Waals surface area contributed by atoms with Gasteiger partial charge >= 0.3 is 0 Å². The van der Waals surface area contributed by atoms with Gasteiger partial charge in [0.25, 0.3) is 0 Å². The lowest BCUT2D eigenvalue weighted by atomic mass is 9.96. The van der Waals surface area contributed by atoms with E-state index in [9.17, 15) is 24.0 Å². The standard InChI is InChI=1S/C32H51N5O5/c1-18(2)15-23-28(38)33-24(17-22-13-11-10-12-14-22)29(39)36-27(21(7)8)32(42)37(9)25(16-19(3)4)30(40)35-26(20(5)6)31(41)34-23/h10-14,18-21,23-27H,15-17H2,1-9H3,(H,33,38)(H,34,41)(H,35,40)(H,36,39)/t23-,24-,25-,26-,27+/m0/s1. The average molecular weight is 586 g/mol. The molecule has 0 aromatic heterocycles. The third-order valence-corrected chi connectivity index (χ3v) is 7.55. The average Bonchev–Trinajstić information content (AvgIpc) is 2.90. The third-order valence-electron chi connectivity index (χ3n) is 7.55. The molecule has 1 heterocycles. The van der Waals surface area contributed by atoms with Gasteiger partial charge < -0.3 is 26.2 Å². The van der Waals surface area contributed by atoms with Crippen molar-refractivity contribution < 1.29 is 24.0 Å². The Morgan fingerprint density at radius 1 is 0.619 bits per heavy atom. The molecule has 1 saturated heterocycles. The summed E-state index contributed by atoms with van der Waals surface area (Å²) in [7, 11) is 1.56. The van der Waals surface area contributed by atoms with Crippen molar-refractivity contribution in [3.05, 3.63) is 35.9 Å². The molecule has 0 spiro atoms. The van der Waals surface area contributed by atoms with E-state index in [1.54, 1.807) is 7.05 Å². The van der Waals surface area contributed by atoms with Gasteiger partial charge in [0, 0.05) is 13.5 Å². The van der Waals surface area contributed by atoms with Crippen LogP contribution in [0.15, 0.2) is 30.3 Å². The molecule has 2 rings (SSSR count). The van der Waals surface area contributed by atoms with Gasteiger partial charge in [-0.25, -0.2) is 0 Å². The Hall–Kier alpha value is -3.43. The molecular formula is C32H51N5O5. The van der Waals surface area contributed by atoms with Crippen molar-refractivity contribution in [3.63, 3.8) is 0 Å². The number of nitrogens with zero attached hydrogens (tertiary/aromatic N) is 1. The van der Waals surface area contributed by atoms with E-state index < -0.39 is 59.7 Å². The Kier molecular flexibility index (Phi) is 13.0. The van der Waals surface area contributed by atoms with E-state index in [1.165, 1.54) is 4.90 Å². The Morgan fingerprint density at radius 2 is 1.12 bits per heavy atom. The van der Waals surface area contributed by atoms with Crippen molar-refractivity contribution >= 4 is 29.5 Å². The number of rotatable bonds is 8. The predicted octanol–water partition coefficient (Wildman–Crippen LogP) is 2.41. The van der Waals surface area contributed by atoms with Crippen LogP contribution in [0.2, 0.25) is 0 Å². The molecule has 5 amide bonds. The molecule has 0 unspecified atom stereocenters. The van der Waals surface area contributed by atoms with E-state index in [-0.39, 0.29) is 30.1 Å². The number of likely N-dealkylation sites (N-methyl/N-ethyl adjacent to an activating group) is 1. The van der Waals surface area contributed by atoms with Crippen LogP contribution < -0.4 is 21.3 Å². The Bertz CT molecular complexity index is 1090. The van der Waals surface area contributed by atoms with Crippen LogP contribution in [0, 0.1) is 23.7 Å². The first-order valence-electron chi connectivity index (χ1n) is 15.1. The van der Waals surface area contributed by atoms with Gasteiger partial charge in [0.15, 0.2) is 0 Å². The SMILES string of the molecule is CC(C)C[C@@H]1NC(=O)[C@H](C(C)C)NC(=O)[C@H](CC(C)C)N(C)C(=O)[C@@H](C(C)C)NC(=O)[C@H](Cc2ccccc2)NC1=O. The number of benzene rings is 1. The van der Waals surface area contributed by atoms with Gasteiger partial charge in [-0.2, -0.15) is 0 Å². The number of carbonyl (C=O) groups is 5. The maximum absolute atomic E-state index is 13.9. The van der Waals surface area contributed by atoms with E-state index >= 15 is 0 Å². The second-order valence-electron chi connectivity index (χ2n) is 13.0. The van der Waals surface area contributed by atoms with E-state index in [2.05, 4.69) is 21.3 Å². The van der Waals surface area contributed by atoms with Crippen LogP contribution in [0.5, 0.6) is 0 Å². The summed E-state index contributed by atoms with van der Waals surface area (Å²) in [6, 6.07) is 4.65. The van der Waals surface area contributed by atoms with E-state index in [4.69, 9.17) is 0 Å². The summed E-state index contributed by atoms with van der Waals surface area (Å²) in [6.45, 7) is 15.1. The lowest BCUT2D eigenvalue weighted by molar-refractivity contribution is -0.144. The van der Waals surface area contributed by atoms with Crippen molar-refractivity contribution in [1.82, 2.24) is 26.2 Å². The molecule has 0 saturated carbocycles. The Balaban J connectivity index is 2.64. The first-order valence-corrected chi connectivity index (χ1v) is 15.1. The van der Waals surface area contributed by atoms with Gasteiger partial charge in [-0.1, -0.05) is 85.7 Å². The molecule has 1 aliphatic rings. The highest BCUT2D eigenvalue weighted by atomic mass is 16.2. The third kappa shape index (κ3) is 9.84. The fourth-order valence-corrected chi connectivity index (χ4v) is 5.11. The highest BCUT2D eigenvalue weighted by Crippen LogP contribution is 2.17. The van der Waals surface area contributed by atoms with E-state index in [0.29, 0.717) is 12.8 Å². The lowest BCUT2D eigenvalue weighted by Crippen LogP contribution is -2.59. The second kappa shape index (κ2) is 15.7. The molecule has 0 bridgehead atoms. The summed E-state index contributed by atoms with van der Waals surface area (Å²) in [5.74, 6) is -2.82. The largest absolute Gasteiger partial charge is 0.343 e. The van der Waals surface area contributed by atoms with Gasteiger partial charge in [-0.15, -0.1) is 0 Å². The molecule has 42 heavy (non-hydrogen) atoms. The van der Waals surface area contributed by atoms with Crippen LogP contribution in [-0.4, -0.2) is 71.7 Å². The summed E-state index contributed by atoms with van der Waals surface area (Å²) >= 11 is 0. The van der Waals surface area contributed by atoms with Crippen LogP contribution in [0.1, 0.15) is 73.8 Å². The molecule has 1 aliphatic heterocycles. The molecule has 1 aromatic rings. The zero-order valence-electron chi connectivity index (χ0n) is 26.7. The summed E-state index contributed by atoms with van der Waals surface area (Å²) < 4.78 is 0. The minimum Gasteiger partial charge on any atom is -0.343 e. The van der Waals surface area contributed by atoms with Gasteiger partial charge in [-0.05, 0) is 42.1 Å². The normalized spacial score (nSPS) is 25.2. The minimum atomic E-state index is -0.997. The molecule has 234 valence electrons. The zero-order chi connectivity index (χ0) is 31.7. The molecule has 5 atom stereocenters. The van der Waals surface area contributed by atoms with Crippen LogP contribution in [0.3, 0.4) is 0 Å². The fraction of sp³-hybridized carbons (Fsp3) is 0.656. The molecule has 10 nitrogen and oxygen atoms in total. The highest BCUT2D eigenvalue weighted by Gasteiger charge is 2.38. The van der Waals surface area contributed by atoms with E-state index in [1.807, 2.05) is 85.7 Å². The van der Waals surface area contributed by atoms with Crippen LogP contribution in [0.4, 0.5) is 0 Å². The number of carbonyl (C=O) groups excluding carboxylic acids is 5. The monoisotopic (exact) mass is 585 g/mol. The van der Waals surface area contributed by atoms with Gasteiger partial charge in [-0.3, -0.25) is 24.0 Å². The fourth-order valence-electron chi connectivity index (χ4n) is 5.11. The highest BCUT2D eigenvalue weighted by molar-refractivity contribution is 5.98. The smallest absolute Gasteiger partial charge is 0.245 e. The molecular weight excluding hydrogens is 534 g/mol. The minimum absolute atomic E-state index is 0.0589. The second-order valence-corrected chi connectivity index (χ2v) is 13.0. The summed E-state index contributed by atoms with van der Waals surface area (Å²) in [6.07, 6.45) is 0.897. The first-order chi connectivity index (χ1) is 19.6. The van der Waals surface area contributed by atoms with Gasteiger partial charge in [0.05, 0.1) is 0 Å². The zero-order valence-corrected chi connectivity index (χ0v) is 26.7. The quantitative estimate of drug-likeness (QED) is 0.372.